The molecule has 2 aliphatic heterocycles. The normalized spacial score (nSPS) is 27.5. The van der Waals surface area contributed by atoms with Gasteiger partial charge < -0.3 is 43.4 Å². The van der Waals surface area contributed by atoms with Gasteiger partial charge in [0.1, 0.15) is 18.3 Å². The Morgan fingerprint density at radius 1 is 0.766 bits per heavy atom. The van der Waals surface area contributed by atoms with Crippen LogP contribution in [0, 0.1) is 0 Å². The molecule has 256 valence electrons. The lowest BCUT2D eigenvalue weighted by molar-refractivity contribution is -0.251. The lowest BCUT2D eigenvalue weighted by atomic mass is 10.1. The molecule has 0 bridgehead atoms. The number of ether oxygens (including phenoxy) is 3. The monoisotopic (exact) mass is 737 g/mol. The summed E-state index contributed by atoms with van der Waals surface area (Å²) in [6.45, 7) is -1.01. The Kier molecular flexibility index (Phi) is 10.7. The van der Waals surface area contributed by atoms with E-state index in [2.05, 4.69) is 17.5 Å². The summed E-state index contributed by atoms with van der Waals surface area (Å²) in [5.41, 5.74) is -0.960. The number of hydrogen-bond donors (Lipinski definition) is 2. The van der Waals surface area contributed by atoms with Gasteiger partial charge in [-0.3, -0.25) is 36.9 Å². The van der Waals surface area contributed by atoms with Crippen LogP contribution in [0.3, 0.4) is 0 Å². The van der Waals surface area contributed by atoms with E-state index in [4.69, 9.17) is 14.2 Å². The van der Waals surface area contributed by atoms with E-state index < -0.39 is 79.9 Å². The fourth-order valence-corrected chi connectivity index (χ4v) is 9.51. The van der Waals surface area contributed by atoms with E-state index in [1.165, 1.54) is 30.3 Å². The Balaban J connectivity index is 1.24. The average Bonchev–Trinajstić information content (AvgIpc) is 3.50. The number of fused-ring (bicyclic) bond motifs is 1. The third kappa shape index (κ3) is 9.74. The fourth-order valence-electron chi connectivity index (χ4n) is 4.57. The Labute approximate surface area is 264 Å². The van der Waals surface area contributed by atoms with Gasteiger partial charge in [0.25, 0.3) is 29.0 Å². The highest BCUT2D eigenvalue weighted by Crippen LogP contribution is 2.66. The van der Waals surface area contributed by atoms with Gasteiger partial charge in [-0.15, -0.1) is 0 Å². The molecule has 2 saturated heterocycles. The van der Waals surface area contributed by atoms with Gasteiger partial charge in [-0.05, 0) is 17.7 Å². The SMILES string of the molecule is O=c1ccn([C@@H]2O[C@H](COP(=O)([O-])OP(=O)([O-])OP(=O)([O-])OP(=O)([O-])Nc3ccccc3)[C@@H]3OC(Cc4ccccc4)OC32)c(=O)[nH]1. The number of nitrogens with one attached hydrogen (secondary N) is 2. The number of hydrogen-bond acceptors (Lipinski definition) is 17. The molecule has 2 fully saturated rings. The van der Waals surface area contributed by atoms with Crippen LogP contribution in [0.15, 0.2) is 82.5 Å². The Hall–Kier alpha value is -2.60. The van der Waals surface area contributed by atoms with Gasteiger partial charge in [-0.1, -0.05) is 48.5 Å². The lowest BCUT2D eigenvalue weighted by Gasteiger charge is -2.37. The number of anilines is 1. The molecule has 0 aliphatic carbocycles. The highest BCUT2D eigenvalue weighted by Gasteiger charge is 2.54. The summed E-state index contributed by atoms with van der Waals surface area (Å²) < 4.78 is 82.8. The molecule has 0 amide bonds. The summed E-state index contributed by atoms with van der Waals surface area (Å²) >= 11 is 0. The third-order valence-corrected chi connectivity index (χ3v) is 12.2. The predicted molar refractivity (Wildman–Crippen MR) is 149 cm³/mol. The zero-order valence-corrected chi connectivity index (χ0v) is 27.0. The maximum Gasteiger partial charge on any atom is 0.330 e. The first-order chi connectivity index (χ1) is 22.0. The molecule has 20 nitrogen and oxygen atoms in total. The van der Waals surface area contributed by atoms with Crippen molar-refractivity contribution in [1.29, 1.82) is 0 Å². The van der Waals surface area contributed by atoms with Crippen LogP contribution in [-0.2, 0) is 56.3 Å². The van der Waals surface area contributed by atoms with Gasteiger partial charge >= 0.3 is 5.69 Å². The third-order valence-electron chi connectivity index (χ3n) is 6.32. The molecule has 24 heteroatoms. The Morgan fingerprint density at radius 3 is 2.02 bits per heavy atom. The smallest absolute Gasteiger partial charge is 0.330 e. The van der Waals surface area contributed by atoms with Crippen LogP contribution in [0.5, 0.6) is 0 Å². The second-order valence-electron chi connectivity index (χ2n) is 9.76. The lowest BCUT2D eigenvalue weighted by Crippen LogP contribution is -2.36. The molecule has 3 aromatic rings. The van der Waals surface area contributed by atoms with Crippen molar-refractivity contribution in [2.24, 2.45) is 0 Å². The first-order valence-electron chi connectivity index (χ1n) is 13.2. The second kappa shape index (κ2) is 14.1. The topological polar surface area (TPSA) is 292 Å². The van der Waals surface area contributed by atoms with Crippen molar-refractivity contribution < 1.29 is 69.5 Å². The van der Waals surface area contributed by atoms with Gasteiger partial charge in [0, 0.05) is 24.4 Å². The van der Waals surface area contributed by atoms with Crippen molar-refractivity contribution in [3.8, 4) is 0 Å². The molecule has 1 aromatic heterocycles. The number of phosphoric acid groups is 3. The van der Waals surface area contributed by atoms with Crippen LogP contribution < -0.4 is 35.9 Å². The van der Waals surface area contributed by atoms with E-state index in [0.717, 1.165) is 22.4 Å². The van der Waals surface area contributed by atoms with Crippen molar-refractivity contribution in [1.82, 2.24) is 9.55 Å². The minimum Gasteiger partial charge on any atom is -0.761 e. The first-order valence-corrected chi connectivity index (χ1v) is 19.1. The zero-order chi connectivity index (χ0) is 34.0. The molecule has 2 N–H and O–H groups in total. The molecular weight excluding hydrogens is 714 g/mol. The minimum absolute atomic E-state index is 0.156. The summed E-state index contributed by atoms with van der Waals surface area (Å²) in [7, 11) is -24.3. The maximum absolute atomic E-state index is 12.5. The maximum atomic E-state index is 12.5. The number of H-pyrrole nitrogens is 1. The first kappa shape index (κ1) is 35.7. The summed E-state index contributed by atoms with van der Waals surface area (Å²) in [5, 5.41) is 1.69. The summed E-state index contributed by atoms with van der Waals surface area (Å²) in [6, 6.07) is 16.6. The molecule has 5 rings (SSSR count). The summed E-state index contributed by atoms with van der Waals surface area (Å²) in [4.78, 5) is 74.6. The molecule has 2 aromatic carbocycles. The molecule has 9 atom stereocenters. The van der Waals surface area contributed by atoms with Crippen LogP contribution in [0.1, 0.15) is 11.8 Å². The molecule has 0 radical (unpaired) electrons. The van der Waals surface area contributed by atoms with Gasteiger partial charge in [0.05, 0.1) is 6.61 Å². The van der Waals surface area contributed by atoms with E-state index in [9.17, 15) is 47.4 Å². The van der Waals surface area contributed by atoms with Crippen LogP contribution in [0.4, 0.5) is 5.69 Å². The minimum atomic E-state index is -6.42. The van der Waals surface area contributed by atoms with E-state index in [0.29, 0.717) is 0 Å². The van der Waals surface area contributed by atoms with Crippen LogP contribution in [0.25, 0.3) is 0 Å². The van der Waals surface area contributed by atoms with Gasteiger partial charge in [0.15, 0.2) is 12.5 Å². The number of phosphoric ester groups is 1. The highest BCUT2D eigenvalue weighted by molar-refractivity contribution is 7.69. The largest absolute Gasteiger partial charge is 0.761 e. The standard InChI is InChI=1S/C23H27N3O17P4/c27-18-11-12-26(23(28)24-18)22-21-20(39-19(40-21)13-15-7-3-1-4-8-15)17(38-22)14-37-45(31,32)42-47(35,36)43-46(33,34)41-44(29,30)25-16-9-5-2-6-10-16/h1-12,17,19-22H,13-14H2,(H,31,32)(H,33,34)(H,35,36)(H,24,27,28)(H2,25,29,30)/p-4/t17-,19?,20+,21?,22-/m1/s1. The van der Waals surface area contributed by atoms with Crippen LogP contribution in [0.2, 0.25) is 0 Å². The highest BCUT2D eigenvalue weighted by atomic mass is 31.3. The van der Waals surface area contributed by atoms with Gasteiger partial charge in [0.2, 0.25) is 7.75 Å². The van der Waals surface area contributed by atoms with E-state index in [1.54, 1.807) is 35.4 Å². The molecule has 3 heterocycles. The van der Waals surface area contributed by atoms with Crippen molar-refractivity contribution in [3.05, 3.63) is 99.3 Å². The fraction of sp³-hybridized carbons (Fsp3) is 0.304. The van der Waals surface area contributed by atoms with Gasteiger partial charge in [-0.2, -0.15) is 0 Å². The second-order valence-corrected chi connectivity index (χ2v) is 15.9. The van der Waals surface area contributed by atoms with Crippen LogP contribution >= 0.6 is 31.2 Å². The zero-order valence-electron chi connectivity index (χ0n) is 23.4. The molecule has 2 aliphatic rings. The van der Waals surface area contributed by atoms with Crippen LogP contribution in [-0.4, -0.2) is 40.8 Å². The number of benzene rings is 2. The Morgan fingerprint density at radius 2 is 1.36 bits per heavy atom. The summed E-state index contributed by atoms with van der Waals surface area (Å²) in [6.07, 6.45) is -4.40. The molecular formula is C23H23N3O17P4-4. The molecule has 47 heavy (non-hydrogen) atoms. The number of para-hydroxylation sites is 1. The van der Waals surface area contributed by atoms with Gasteiger partial charge in [-0.25, -0.2) is 13.4 Å². The molecule has 0 saturated carbocycles. The quantitative estimate of drug-likeness (QED) is 0.203. The van der Waals surface area contributed by atoms with Crippen molar-refractivity contribution in [2.75, 3.05) is 11.7 Å². The summed E-state index contributed by atoms with van der Waals surface area (Å²) in [5.74, 6) is 0. The average molecular weight is 737 g/mol. The van der Waals surface area contributed by atoms with E-state index >= 15 is 0 Å². The number of aromatic nitrogens is 2. The number of aromatic amines is 1. The van der Waals surface area contributed by atoms with Crippen molar-refractivity contribution >= 4 is 36.9 Å². The van der Waals surface area contributed by atoms with E-state index in [-0.39, 0.29) is 12.1 Å². The van der Waals surface area contributed by atoms with Crippen molar-refractivity contribution in [3.63, 3.8) is 0 Å². The predicted octanol–water partition coefficient (Wildman–Crippen LogP) is -0.161. The van der Waals surface area contributed by atoms with E-state index in [1.807, 2.05) is 4.98 Å². The molecule has 0 spiro atoms. The molecule has 6 unspecified atom stereocenters. The number of nitrogens with zero attached hydrogens (tertiary/aromatic N) is 1. The number of rotatable bonds is 14. The Bertz CT molecular complexity index is 1880. The van der Waals surface area contributed by atoms with Crippen molar-refractivity contribution in [2.45, 2.75) is 37.3 Å².